The van der Waals surface area contributed by atoms with Crippen LogP contribution in [0.4, 0.5) is 0 Å². The van der Waals surface area contributed by atoms with E-state index in [-0.39, 0.29) is 0 Å². The molecule has 3 nitrogen and oxygen atoms in total. The van der Waals surface area contributed by atoms with E-state index in [2.05, 4.69) is 0 Å². The van der Waals surface area contributed by atoms with Crippen LogP contribution in [0.1, 0.15) is 90.4 Å². The molecule has 0 aromatic carbocycles. The van der Waals surface area contributed by atoms with Crippen LogP contribution in [-0.2, 0) is 4.79 Å². The average molecular weight is 284 g/mol. The number of hydrogen-bond donors (Lipinski definition) is 2. The zero-order chi connectivity index (χ0) is 14.8. The van der Waals surface area contributed by atoms with E-state index < -0.39 is 17.5 Å². The fourth-order valence-corrected chi connectivity index (χ4v) is 3.48. The molecule has 2 N–H and O–H groups in total. The van der Waals surface area contributed by atoms with E-state index >= 15 is 0 Å². The molecule has 118 valence electrons. The predicted molar refractivity (Wildman–Crippen MR) is 81.8 cm³/mol. The molecule has 0 aliphatic heterocycles. The minimum Gasteiger partial charge on any atom is -0.481 e. The molecule has 1 fully saturated rings. The number of aliphatic carboxylic acids is 1. The first-order valence-electron chi connectivity index (χ1n) is 8.55. The summed E-state index contributed by atoms with van der Waals surface area (Å²) in [5.41, 5.74) is -0.985. The predicted octanol–water partition coefficient (Wildman–Crippen LogP) is 4.52. The Morgan fingerprint density at radius 3 is 1.70 bits per heavy atom. The Morgan fingerprint density at radius 1 is 0.950 bits per heavy atom. The molecule has 1 aliphatic rings. The van der Waals surface area contributed by atoms with Crippen molar-refractivity contribution in [2.75, 3.05) is 0 Å². The van der Waals surface area contributed by atoms with Crippen LogP contribution in [0.15, 0.2) is 0 Å². The molecule has 0 saturated heterocycles. The Kier molecular flexibility index (Phi) is 8.20. The summed E-state index contributed by atoms with van der Waals surface area (Å²) < 4.78 is 0. The molecule has 0 amide bonds. The number of hydrogen-bond acceptors (Lipinski definition) is 2. The summed E-state index contributed by atoms with van der Waals surface area (Å²) in [4.78, 5) is 11.5. The molecule has 1 saturated carbocycles. The number of rotatable bonds is 4. The summed E-state index contributed by atoms with van der Waals surface area (Å²) in [7, 11) is 0. The first-order valence-corrected chi connectivity index (χ1v) is 8.55. The van der Waals surface area contributed by atoms with Crippen LogP contribution < -0.4 is 0 Å². The standard InChI is InChI=1S/C17H32O3/c1-2-12-15(16(18)19)17(20)13-10-8-6-4-3-5-7-9-11-14-17/h15,20H,2-14H2,1H3,(H,18,19). The van der Waals surface area contributed by atoms with Crippen molar-refractivity contribution in [2.24, 2.45) is 5.92 Å². The van der Waals surface area contributed by atoms with Crippen LogP contribution in [0.5, 0.6) is 0 Å². The Balaban J connectivity index is 2.68. The summed E-state index contributed by atoms with van der Waals surface area (Å²) in [5, 5.41) is 20.4. The zero-order valence-electron chi connectivity index (χ0n) is 13.1. The van der Waals surface area contributed by atoms with Crippen molar-refractivity contribution in [1.29, 1.82) is 0 Å². The SMILES string of the molecule is CCCC(C(=O)O)C1(O)CCCCCCCCCCC1. The molecule has 3 heteroatoms. The topological polar surface area (TPSA) is 57.5 Å². The van der Waals surface area contributed by atoms with Gasteiger partial charge >= 0.3 is 5.97 Å². The molecule has 0 aromatic heterocycles. The maximum atomic E-state index is 11.5. The highest BCUT2D eigenvalue weighted by Gasteiger charge is 2.39. The van der Waals surface area contributed by atoms with Gasteiger partial charge in [-0.25, -0.2) is 0 Å². The first kappa shape index (κ1) is 17.5. The van der Waals surface area contributed by atoms with Crippen molar-refractivity contribution >= 4 is 5.97 Å². The van der Waals surface area contributed by atoms with Gasteiger partial charge in [-0.15, -0.1) is 0 Å². The van der Waals surface area contributed by atoms with Gasteiger partial charge in [0.1, 0.15) is 0 Å². The van der Waals surface area contributed by atoms with Gasteiger partial charge in [-0.05, 0) is 19.3 Å². The van der Waals surface area contributed by atoms with E-state index in [1.807, 2.05) is 6.92 Å². The lowest BCUT2D eigenvalue weighted by Gasteiger charge is -2.34. The molecule has 0 spiro atoms. The van der Waals surface area contributed by atoms with Gasteiger partial charge in [-0.3, -0.25) is 4.79 Å². The fourth-order valence-electron chi connectivity index (χ4n) is 3.48. The van der Waals surface area contributed by atoms with Crippen LogP contribution in [0.25, 0.3) is 0 Å². The highest BCUT2D eigenvalue weighted by Crippen LogP contribution is 2.34. The number of carboxylic acid groups (broad SMARTS) is 1. The van der Waals surface area contributed by atoms with Crippen LogP contribution in [0.2, 0.25) is 0 Å². The quantitative estimate of drug-likeness (QED) is 0.797. The van der Waals surface area contributed by atoms with E-state index in [0.29, 0.717) is 19.3 Å². The molecule has 0 radical (unpaired) electrons. The van der Waals surface area contributed by atoms with Crippen LogP contribution in [0.3, 0.4) is 0 Å². The Bertz CT molecular complexity index is 263. The molecule has 1 aliphatic carbocycles. The maximum absolute atomic E-state index is 11.5. The molecule has 0 bridgehead atoms. The number of aliphatic hydroxyl groups is 1. The maximum Gasteiger partial charge on any atom is 0.309 e. The molecule has 1 unspecified atom stereocenters. The van der Waals surface area contributed by atoms with E-state index in [1.165, 1.54) is 32.1 Å². The number of carboxylic acids is 1. The van der Waals surface area contributed by atoms with Gasteiger partial charge in [-0.1, -0.05) is 71.1 Å². The minimum absolute atomic E-state index is 0.588. The van der Waals surface area contributed by atoms with Crippen LogP contribution in [-0.4, -0.2) is 21.8 Å². The normalized spacial score (nSPS) is 23.3. The van der Waals surface area contributed by atoms with Gasteiger partial charge in [0, 0.05) is 0 Å². The lowest BCUT2D eigenvalue weighted by Crippen LogP contribution is -2.42. The second-order valence-corrected chi connectivity index (χ2v) is 6.47. The molecular weight excluding hydrogens is 252 g/mol. The van der Waals surface area contributed by atoms with Crippen molar-refractivity contribution in [3.8, 4) is 0 Å². The fraction of sp³-hybridized carbons (Fsp3) is 0.941. The molecular formula is C17H32O3. The minimum atomic E-state index is -0.985. The van der Waals surface area contributed by atoms with Gasteiger partial charge in [0.25, 0.3) is 0 Å². The van der Waals surface area contributed by atoms with Gasteiger partial charge in [0.2, 0.25) is 0 Å². The summed E-state index contributed by atoms with van der Waals surface area (Å²) in [6.45, 7) is 1.99. The Hall–Kier alpha value is -0.570. The van der Waals surface area contributed by atoms with Crippen molar-refractivity contribution in [3.63, 3.8) is 0 Å². The largest absolute Gasteiger partial charge is 0.481 e. The molecule has 20 heavy (non-hydrogen) atoms. The third-order valence-corrected chi connectivity index (χ3v) is 4.74. The van der Waals surface area contributed by atoms with E-state index in [0.717, 1.165) is 32.1 Å². The number of carbonyl (C=O) groups is 1. The highest BCUT2D eigenvalue weighted by molar-refractivity contribution is 5.71. The van der Waals surface area contributed by atoms with Gasteiger partial charge in [0.15, 0.2) is 0 Å². The summed E-state index contributed by atoms with van der Waals surface area (Å²) in [6, 6.07) is 0. The highest BCUT2D eigenvalue weighted by atomic mass is 16.4. The van der Waals surface area contributed by atoms with Crippen molar-refractivity contribution < 1.29 is 15.0 Å². The van der Waals surface area contributed by atoms with Gasteiger partial charge < -0.3 is 10.2 Å². The lowest BCUT2D eigenvalue weighted by atomic mass is 9.76. The van der Waals surface area contributed by atoms with Gasteiger partial charge in [-0.2, -0.15) is 0 Å². The van der Waals surface area contributed by atoms with Crippen LogP contribution in [0, 0.1) is 5.92 Å². The zero-order valence-corrected chi connectivity index (χ0v) is 13.1. The van der Waals surface area contributed by atoms with E-state index in [4.69, 9.17) is 0 Å². The first-order chi connectivity index (χ1) is 9.60. The van der Waals surface area contributed by atoms with Crippen LogP contribution >= 0.6 is 0 Å². The second kappa shape index (κ2) is 9.38. The third-order valence-electron chi connectivity index (χ3n) is 4.74. The Morgan fingerprint density at radius 2 is 1.35 bits per heavy atom. The second-order valence-electron chi connectivity index (χ2n) is 6.47. The van der Waals surface area contributed by atoms with Crippen molar-refractivity contribution in [2.45, 2.75) is 96.0 Å². The van der Waals surface area contributed by atoms with Crippen molar-refractivity contribution in [1.82, 2.24) is 0 Å². The molecule has 1 atom stereocenters. The monoisotopic (exact) mass is 284 g/mol. The molecule has 0 heterocycles. The summed E-state index contributed by atoms with van der Waals surface area (Å²) in [6.07, 6.45) is 13.3. The Labute approximate surface area is 123 Å². The summed E-state index contributed by atoms with van der Waals surface area (Å²) >= 11 is 0. The summed E-state index contributed by atoms with van der Waals surface area (Å²) in [5.74, 6) is -1.41. The van der Waals surface area contributed by atoms with E-state index in [9.17, 15) is 15.0 Å². The molecule has 0 aromatic rings. The lowest BCUT2D eigenvalue weighted by molar-refractivity contribution is -0.154. The van der Waals surface area contributed by atoms with Crippen molar-refractivity contribution in [3.05, 3.63) is 0 Å². The smallest absolute Gasteiger partial charge is 0.309 e. The van der Waals surface area contributed by atoms with Gasteiger partial charge in [0.05, 0.1) is 11.5 Å². The third kappa shape index (κ3) is 5.82. The molecule has 1 rings (SSSR count). The van der Waals surface area contributed by atoms with E-state index in [1.54, 1.807) is 0 Å². The average Bonchev–Trinajstić information content (AvgIpc) is 2.40.